The van der Waals surface area contributed by atoms with Crippen LogP contribution in [-0.4, -0.2) is 19.9 Å². The number of benzene rings is 1. The van der Waals surface area contributed by atoms with Gasteiger partial charge in [0, 0.05) is 18.3 Å². The zero-order valence-corrected chi connectivity index (χ0v) is 13.5. The number of fused-ring (bicyclic) bond motifs is 1. The first-order valence-electron chi connectivity index (χ1n) is 7.54. The van der Waals surface area contributed by atoms with E-state index in [9.17, 15) is 0 Å². The summed E-state index contributed by atoms with van der Waals surface area (Å²) in [6.07, 6.45) is 3.37. The van der Waals surface area contributed by atoms with Crippen LogP contribution in [0.1, 0.15) is 5.56 Å². The topological polar surface area (TPSA) is 66.5 Å². The maximum Gasteiger partial charge on any atom is 0.156 e. The van der Waals surface area contributed by atoms with Crippen molar-refractivity contribution in [1.29, 1.82) is 0 Å². The summed E-state index contributed by atoms with van der Waals surface area (Å²) in [5, 5.41) is 3.70. The van der Waals surface area contributed by atoms with Crippen molar-refractivity contribution < 1.29 is 0 Å². The molecule has 0 saturated heterocycles. The molecule has 4 aromatic rings. The fraction of sp³-hybridized carbons (Fsp3) is 0.0556. The predicted octanol–water partition coefficient (Wildman–Crippen LogP) is 4.29. The normalized spacial score (nSPS) is 10.9. The van der Waals surface area contributed by atoms with Crippen molar-refractivity contribution in [2.45, 2.75) is 6.54 Å². The molecule has 0 unspecified atom stereocenters. The zero-order chi connectivity index (χ0) is 16.4. The second-order valence-corrected chi connectivity index (χ2v) is 5.73. The number of H-pyrrole nitrogens is 1. The largest absolute Gasteiger partial charge is 0.366 e. The summed E-state index contributed by atoms with van der Waals surface area (Å²) in [5.41, 5.74) is 4.31. The Morgan fingerprint density at radius 2 is 1.88 bits per heavy atom. The number of halogens is 1. The van der Waals surface area contributed by atoms with Crippen LogP contribution < -0.4 is 5.32 Å². The Morgan fingerprint density at radius 1 is 1.00 bits per heavy atom. The molecule has 0 atom stereocenters. The lowest BCUT2D eigenvalue weighted by Gasteiger charge is -2.07. The van der Waals surface area contributed by atoms with Gasteiger partial charge in [0.2, 0.25) is 0 Å². The molecule has 0 saturated carbocycles. The molecule has 0 fully saturated rings. The van der Waals surface area contributed by atoms with Crippen molar-refractivity contribution in [2.24, 2.45) is 0 Å². The van der Waals surface area contributed by atoms with Crippen molar-refractivity contribution in [3.05, 3.63) is 71.6 Å². The molecule has 0 aliphatic heterocycles. The van der Waals surface area contributed by atoms with Crippen LogP contribution in [0.2, 0.25) is 5.15 Å². The fourth-order valence-electron chi connectivity index (χ4n) is 2.54. The van der Waals surface area contributed by atoms with Crippen molar-refractivity contribution in [2.75, 3.05) is 5.32 Å². The van der Waals surface area contributed by atoms with Gasteiger partial charge in [0.25, 0.3) is 0 Å². The van der Waals surface area contributed by atoms with E-state index in [1.807, 2.05) is 42.6 Å². The molecule has 0 aliphatic rings. The second kappa shape index (κ2) is 6.29. The molecule has 118 valence electrons. The minimum absolute atomic E-state index is 0.363. The molecule has 3 aromatic heterocycles. The second-order valence-electron chi connectivity index (χ2n) is 5.34. The van der Waals surface area contributed by atoms with Crippen LogP contribution in [0.25, 0.3) is 22.4 Å². The number of nitrogens with one attached hydrogen (secondary N) is 2. The van der Waals surface area contributed by atoms with Crippen molar-refractivity contribution in [3.8, 4) is 11.3 Å². The molecule has 0 radical (unpaired) electrons. The Balaban J connectivity index is 1.63. The standard InChI is InChI=1S/C18H14ClN5/c19-15-11-22-18-17(24-15)13(10-21-18)14-7-4-8-16(23-14)20-9-12-5-2-1-3-6-12/h1-8,10-11H,9H2,(H,20,23)(H,21,22). The molecule has 3 heterocycles. The van der Waals surface area contributed by atoms with Crippen LogP contribution >= 0.6 is 11.6 Å². The van der Waals surface area contributed by atoms with Crippen LogP contribution in [0.15, 0.2) is 60.9 Å². The van der Waals surface area contributed by atoms with Crippen LogP contribution in [0.3, 0.4) is 0 Å². The van der Waals surface area contributed by atoms with Gasteiger partial charge in [-0.2, -0.15) is 0 Å². The first-order valence-corrected chi connectivity index (χ1v) is 7.92. The minimum atomic E-state index is 0.363. The highest BCUT2D eigenvalue weighted by Gasteiger charge is 2.11. The lowest BCUT2D eigenvalue weighted by atomic mass is 10.2. The first kappa shape index (κ1) is 14.7. The van der Waals surface area contributed by atoms with E-state index in [0.717, 1.165) is 29.1 Å². The molecular weight excluding hydrogens is 322 g/mol. The van der Waals surface area contributed by atoms with Crippen molar-refractivity contribution in [3.63, 3.8) is 0 Å². The highest BCUT2D eigenvalue weighted by Crippen LogP contribution is 2.26. The third kappa shape index (κ3) is 2.94. The molecule has 24 heavy (non-hydrogen) atoms. The SMILES string of the molecule is Clc1cnc2[nH]cc(-c3cccc(NCc4ccccc4)n3)c2n1. The third-order valence-electron chi connectivity index (χ3n) is 3.69. The van der Waals surface area contributed by atoms with E-state index < -0.39 is 0 Å². The van der Waals surface area contributed by atoms with Crippen LogP contribution in [0.5, 0.6) is 0 Å². The number of aromatic amines is 1. The number of nitrogens with zero attached hydrogens (tertiary/aromatic N) is 3. The smallest absolute Gasteiger partial charge is 0.156 e. The summed E-state index contributed by atoms with van der Waals surface area (Å²) < 4.78 is 0. The molecule has 0 amide bonds. The van der Waals surface area contributed by atoms with Crippen molar-refractivity contribution >= 4 is 28.6 Å². The van der Waals surface area contributed by atoms with Gasteiger partial charge < -0.3 is 10.3 Å². The number of anilines is 1. The van der Waals surface area contributed by atoms with E-state index in [1.165, 1.54) is 11.8 Å². The van der Waals surface area contributed by atoms with E-state index in [0.29, 0.717) is 10.8 Å². The molecule has 6 heteroatoms. The van der Waals surface area contributed by atoms with Crippen LogP contribution in [-0.2, 0) is 6.54 Å². The maximum absolute atomic E-state index is 5.96. The molecular formula is C18H14ClN5. The van der Waals surface area contributed by atoms with Gasteiger partial charge in [-0.3, -0.25) is 0 Å². The first-order chi connectivity index (χ1) is 11.8. The highest BCUT2D eigenvalue weighted by atomic mass is 35.5. The van der Waals surface area contributed by atoms with E-state index in [-0.39, 0.29) is 0 Å². The van der Waals surface area contributed by atoms with Crippen LogP contribution in [0.4, 0.5) is 5.82 Å². The maximum atomic E-state index is 5.96. The predicted molar refractivity (Wildman–Crippen MR) is 95.9 cm³/mol. The fourth-order valence-corrected chi connectivity index (χ4v) is 2.67. The molecule has 5 nitrogen and oxygen atoms in total. The van der Waals surface area contributed by atoms with Gasteiger partial charge in [0.1, 0.15) is 16.5 Å². The van der Waals surface area contributed by atoms with E-state index in [4.69, 9.17) is 11.6 Å². The lowest BCUT2D eigenvalue weighted by molar-refractivity contribution is 1.11. The Morgan fingerprint density at radius 3 is 2.75 bits per heavy atom. The number of hydrogen-bond acceptors (Lipinski definition) is 4. The number of aromatic nitrogens is 4. The van der Waals surface area contributed by atoms with Crippen LogP contribution in [0, 0.1) is 0 Å². The van der Waals surface area contributed by atoms with Gasteiger partial charge in [-0.05, 0) is 17.7 Å². The zero-order valence-electron chi connectivity index (χ0n) is 12.7. The number of rotatable bonds is 4. The Hall–Kier alpha value is -2.92. The lowest BCUT2D eigenvalue weighted by Crippen LogP contribution is -2.01. The molecule has 2 N–H and O–H groups in total. The molecule has 4 rings (SSSR count). The Labute approximate surface area is 143 Å². The Kier molecular flexibility index (Phi) is 3.84. The summed E-state index contributed by atoms with van der Waals surface area (Å²) in [5.74, 6) is 0.806. The molecule has 0 aliphatic carbocycles. The van der Waals surface area contributed by atoms with E-state index >= 15 is 0 Å². The van der Waals surface area contributed by atoms with Gasteiger partial charge in [-0.1, -0.05) is 48.0 Å². The number of pyridine rings is 1. The average Bonchev–Trinajstić information content (AvgIpc) is 3.04. The van der Waals surface area contributed by atoms with Crippen molar-refractivity contribution in [1.82, 2.24) is 19.9 Å². The van der Waals surface area contributed by atoms with E-state index in [2.05, 4.69) is 37.4 Å². The summed E-state index contributed by atoms with van der Waals surface area (Å²) in [6.45, 7) is 0.719. The monoisotopic (exact) mass is 335 g/mol. The molecule has 0 spiro atoms. The summed E-state index contributed by atoms with van der Waals surface area (Å²) in [7, 11) is 0. The average molecular weight is 336 g/mol. The highest BCUT2D eigenvalue weighted by molar-refractivity contribution is 6.29. The Bertz CT molecular complexity index is 981. The van der Waals surface area contributed by atoms with Gasteiger partial charge in [0.15, 0.2) is 5.65 Å². The van der Waals surface area contributed by atoms with Gasteiger partial charge in [0.05, 0.1) is 11.9 Å². The quantitative estimate of drug-likeness (QED) is 0.584. The summed E-state index contributed by atoms with van der Waals surface area (Å²) in [6, 6.07) is 16.1. The molecule has 1 aromatic carbocycles. The van der Waals surface area contributed by atoms with Gasteiger partial charge >= 0.3 is 0 Å². The minimum Gasteiger partial charge on any atom is -0.366 e. The van der Waals surface area contributed by atoms with Gasteiger partial charge in [-0.25, -0.2) is 15.0 Å². The van der Waals surface area contributed by atoms with Gasteiger partial charge in [-0.15, -0.1) is 0 Å². The number of hydrogen-bond donors (Lipinski definition) is 2. The third-order valence-corrected chi connectivity index (χ3v) is 3.88. The molecule has 0 bridgehead atoms. The van der Waals surface area contributed by atoms with E-state index in [1.54, 1.807) is 0 Å². The summed E-state index contributed by atoms with van der Waals surface area (Å²) >= 11 is 5.96. The summed E-state index contributed by atoms with van der Waals surface area (Å²) in [4.78, 5) is 16.3.